The normalized spacial score (nSPS) is 19.6. The van der Waals surface area contributed by atoms with E-state index < -0.39 is 11.9 Å². The second-order valence-electron chi connectivity index (χ2n) is 3.75. The molecule has 2 aliphatic heterocycles. The third-order valence-corrected chi connectivity index (χ3v) is 2.53. The van der Waals surface area contributed by atoms with Crippen molar-refractivity contribution in [3.05, 3.63) is 48.0 Å². The maximum absolute atomic E-state index is 12.5. The zero-order valence-electron chi connectivity index (χ0n) is 9.25. The predicted octanol–water partition coefficient (Wildman–Crippen LogP) is 3.52. The summed E-state index contributed by atoms with van der Waals surface area (Å²) in [6.07, 6.45) is 2.41. The van der Waals surface area contributed by atoms with Crippen molar-refractivity contribution in [2.75, 3.05) is 0 Å². The van der Waals surface area contributed by atoms with Crippen LogP contribution in [-0.4, -0.2) is 16.9 Å². The molecule has 0 amide bonds. The first kappa shape index (κ1) is 11.7. The molecule has 0 fully saturated rings. The molecule has 0 atom stereocenters. The fourth-order valence-electron chi connectivity index (χ4n) is 1.60. The van der Waals surface area contributed by atoms with Gasteiger partial charge in [0.25, 0.3) is 0 Å². The number of hydrogen-bond acceptors (Lipinski definition) is 2. The minimum atomic E-state index is -4.44. The van der Waals surface area contributed by atoms with E-state index in [1.54, 1.807) is 23.3 Å². The standard InChI is InChI=1S/C12H11F3N2/c1-3-9-4-5-11-16-10(12(13,14)15)6-8(2)17(11)7-9/h4-7H,2-3H2,1H3. The number of halogens is 3. The highest BCUT2D eigenvalue weighted by Crippen LogP contribution is 2.32. The Labute approximate surface area is 97.1 Å². The zero-order valence-corrected chi connectivity index (χ0v) is 9.25. The number of aliphatic imine (C=N–C) groups is 1. The van der Waals surface area contributed by atoms with Crippen LogP contribution in [0.2, 0.25) is 0 Å². The summed E-state index contributed by atoms with van der Waals surface area (Å²) >= 11 is 0. The lowest BCUT2D eigenvalue weighted by Crippen LogP contribution is -2.30. The summed E-state index contributed by atoms with van der Waals surface area (Å²) in [6, 6.07) is 0. The molecule has 0 saturated carbocycles. The van der Waals surface area contributed by atoms with Crippen molar-refractivity contribution in [1.82, 2.24) is 4.90 Å². The van der Waals surface area contributed by atoms with Crippen molar-refractivity contribution in [3.63, 3.8) is 0 Å². The van der Waals surface area contributed by atoms with E-state index in [9.17, 15) is 13.2 Å². The summed E-state index contributed by atoms with van der Waals surface area (Å²) in [4.78, 5) is 5.14. The predicted molar refractivity (Wildman–Crippen MR) is 60.1 cm³/mol. The lowest BCUT2D eigenvalue weighted by molar-refractivity contribution is -0.0927. The SMILES string of the molecule is C=C1C=C(C(F)(F)F)N=C2C=CC(CC)=CN12. The average molecular weight is 240 g/mol. The first-order chi connectivity index (χ1) is 7.91. The molecule has 90 valence electrons. The van der Waals surface area contributed by atoms with Crippen LogP contribution in [0.3, 0.4) is 0 Å². The summed E-state index contributed by atoms with van der Waals surface area (Å²) in [5, 5.41) is 0. The van der Waals surface area contributed by atoms with E-state index in [2.05, 4.69) is 11.6 Å². The van der Waals surface area contributed by atoms with Gasteiger partial charge in [-0.1, -0.05) is 19.6 Å². The van der Waals surface area contributed by atoms with Crippen molar-refractivity contribution >= 4 is 5.84 Å². The molecule has 0 unspecified atom stereocenters. The Kier molecular flexibility index (Phi) is 2.69. The summed E-state index contributed by atoms with van der Waals surface area (Å²) in [6.45, 7) is 5.60. The van der Waals surface area contributed by atoms with E-state index in [1.165, 1.54) is 0 Å². The zero-order chi connectivity index (χ0) is 12.6. The fraction of sp³-hybridized carbons (Fsp3) is 0.250. The van der Waals surface area contributed by atoms with Crippen LogP contribution in [0.25, 0.3) is 0 Å². The highest BCUT2D eigenvalue weighted by Gasteiger charge is 2.36. The van der Waals surface area contributed by atoms with Gasteiger partial charge in [-0.2, -0.15) is 13.2 Å². The van der Waals surface area contributed by atoms with Crippen LogP contribution in [0.1, 0.15) is 13.3 Å². The van der Waals surface area contributed by atoms with Gasteiger partial charge >= 0.3 is 6.18 Å². The summed E-state index contributed by atoms with van der Waals surface area (Å²) in [5.41, 5.74) is 0.387. The smallest absolute Gasteiger partial charge is 0.302 e. The Bertz CT molecular complexity index is 478. The molecule has 2 aliphatic rings. The first-order valence-corrected chi connectivity index (χ1v) is 5.16. The highest BCUT2D eigenvalue weighted by molar-refractivity contribution is 5.98. The van der Waals surface area contributed by atoms with Crippen LogP contribution in [0.5, 0.6) is 0 Å². The number of allylic oxidation sites excluding steroid dienone is 4. The van der Waals surface area contributed by atoms with Gasteiger partial charge in [0.1, 0.15) is 11.5 Å². The molecule has 5 heteroatoms. The molecule has 0 aromatic carbocycles. The molecule has 0 N–H and O–H groups in total. The molecule has 2 heterocycles. The maximum atomic E-state index is 12.5. The van der Waals surface area contributed by atoms with E-state index in [0.717, 1.165) is 18.1 Å². The number of amidine groups is 1. The molecule has 0 radical (unpaired) electrons. The topological polar surface area (TPSA) is 15.6 Å². The van der Waals surface area contributed by atoms with Gasteiger partial charge in [-0.25, -0.2) is 4.99 Å². The van der Waals surface area contributed by atoms with Crippen LogP contribution < -0.4 is 0 Å². The number of alkyl halides is 3. The van der Waals surface area contributed by atoms with Crippen molar-refractivity contribution in [2.24, 2.45) is 4.99 Å². The van der Waals surface area contributed by atoms with Gasteiger partial charge in [0, 0.05) is 11.9 Å². The minimum absolute atomic E-state index is 0.252. The molecule has 2 rings (SSSR count). The van der Waals surface area contributed by atoms with E-state index in [0.29, 0.717) is 0 Å². The van der Waals surface area contributed by atoms with Crippen LogP contribution in [-0.2, 0) is 0 Å². The Morgan fingerprint density at radius 3 is 2.65 bits per heavy atom. The highest BCUT2D eigenvalue weighted by atomic mass is 19.4. The van der Waals surface area contributed by atoms with Gasteiger partial charge < -0.3 is 4.90 Å². The number of hydrogen-bond donors (Lipinski definition) is 0. The molecule has 0 spiro atoms. The quantitative estimate of drug-likeness (QED) is 0.684. The van der Waals surface area contributed by atoms with E-state index >= 15 is 0 Å². The second kappa shape index (κ2) is 3.91. The molecule has 0 aliphatic carbocycles. The van der Waals surface area contributed by atoms with Crippen LogP contribution in [0, 0.1) is 0 Å². The number of nitrogens with zero attached hydrogens (tertiary/aromatic N) is 2. The molecular formula is C12H11F3N2. The molecule has 0 aromatic rings. The van der Waals surface area contributed by atoms with Crippen LogP contribution in [0.15, 0.2) is 53.0 Å². The Balaban J connectivity index is 2.38. The van der Waals surface area contributed by atoms with Gasteiger partial charge in [0.15, 0.2) is 0 Å². The maximum Gasteiger partial charge on any atom is 0.433 e. The van der Waals surface area contributed by atoms with Crippen molar-refractivity contribution < 1.29 is 13.2 Å². The summed E-state index contributed by atoms with van der Waals surface area (Å²) in [7, 11) is 0. The van der Waals surface area contributed by atoms with Gasteiger partial charge in [-0.15, -0.1) is 0 Å². The first-order valence-electron chi connectivity index (χ1n) is 5.16. The second-order valence-corrected chi connectivity index (χ2v) is 3.75. The van der Waals surface area contributed by atoms with E-state index in [-0.39, 0.29) is 11.5 Å². The van der Waals surface area contributed by atoms with Crippen molar-refractivity contribution in [3.8, 4) is 0 Å². The molecular weight excluding hydrogens is 229 g/mol. The van der Waals surface area contributed by atoms with E-state index in [1.807, 2.05) is 6.92 Å². The van der Waals surface area contributed by atoms with Gasteiger partial charge in [0.05, 0.1) is 0 Å². The minimum Gasteiger partial charge on any atom is -0.302 e. The lowest BCUT2D eigenvalue weighted by atomic mass is 10.1. The summed E-state index contributed by atoms with van der Waals surface area (Å²) < 4.78 is 37.6. The molecule has 0 aromatic heterocycles. The molecule has 2 nitrogen and oxygen atoms in total. The third-order valence-electron chi connectivity index (χ3n) is 2.53. The Morgan fingerprint density at radius 1 is 1.35 bits per heavy atom. The fourth-order valence-corrected chi connectivity index (χ4v) is 1.60. The average Bonchev–Trinajstić information content (AvgIpc) is 2.27. The monoisotopic (exact) mass is 240 g/mol. The summed E-state index contributed by atoms with van der Waals surface area (Å²) in [5.74, 6) is 0.252. The van der Waals surface area contributed by atoms with Gasteiger partial charge in [0.2, 0.25) is 0 Å². The molecule has 0 saturated heterocycles. The van der Waals surface area contributed by atoms with Crippen LogP contribution >= 0.6 is 0 Å². The largest absolute Gasteiger partial charge is 0.433 e. The third kappa shape index (κ3) is 2.18. The number of rotatable bonds is 1. The molecule has 17 heavy (non-hydrogen) atoms. The Hall–Kier alpha value is -1.78. The Morgan fingerprint density at radius 2 is 2.06 bits per heavy atom. The van der Waals surface area contributed by atoms with E-state index in [4.69, 9.17) is 0 Å². The van der Waals surface area contributed by atoms with Crippen molar-refractivity contribution in [1.29, 1.82) is 0 Å². The lowest BCUT2D eigenvalue weighted by Gasteiger charge is -2.28. The van der Waals surface area contributed by atoms with Crippen LogP contribution in [0.4, 0.5) is 13.2 Å². The van der Waals surface area contributed by atoms with Crippen molar-refractivity contribution in [2.45, 2.75) is 19.5 Å². The number of fused-ring (bicyclic) bond motifs is 1. The van der Waals surface area contributed by atoms with Gasteiger partial charge in [-0.3, -0.25) is 0 Å². The molecule has 0 bridgehead atoms. The van der Waals surface area contributed by atoms with Gasteiger partial charge in [-0.05, 0) is 24.1 Å².